The van der Waals surface area contributed by atoms with Crippen LogP contribution in [0.15, 0.2) is 47.4 Å². The van der Waals surface area contributed by atoms with Crippen molar-refractivity contribution in [2.75, 3.05) is 38.2 Å². The van der Waals surface area contributed by atoms with E-state index in [1.165, 1.54) is 34.7 Å². The average molecular weight is 471 g/mol. The van der Waals surface area contributed by atoms with E-state index in [0.717, 1.165) is 22.9 Å². The highest BCUT2D eigenvalue weighted by atomic mass is 32.2. The standard InChI is InChI=1S/C24H27FN4O3S/c1-16-13-18(3)20(14-17(16)2)21-6-8-24(27-26-21)28-9-11-29(12-10-28)33(30,31)23-15-19(25)5-7-22(23)32-4/h5-8,13-15H,9-12H2,1-4H3. The average Bonchev–Trinajstić information content (AvgIpc) is 2.81. The van der Waals surface area contributed by atoms with Crippen LogP contribution in [-0.4, -0.2) is 56.2 Å². The topological polar surface area (TPSA) is 75.6 Å². The molecule has 0 radical (unpaired) electrons. The molecule has 1 aliphatic rings. The molecule has 2 heterocycles. The molecule has 0 atom stereocenters. The number of methoxy groups -OCH3 is 1. The monoisotopic (exact) mass is 470 g/mol. The second-order valence-electron chi connectivity index (χ2n) is 8.21. The molecule has 0 saturated carbocycles. The molecule has 0 unspecified atom stereocenters. The van der Waals surface area contributed by atoms with Gasteiger partial charge in [0.25, 0.3) is 0 Å². The molecule has 33 heavy (non-hydrogen) atoms. The summed E-state index contributed by atoms with van der Waals surface area (Å²) >= 11 is 0. The lowest BCUT2D eigenvalue weighted by Crippen LogP contribution is -2.49. The maximum absolute atomic E-state index is 13.7. The Morgan fingerprint density at radius 1 is 0.879 bits per heavy atom. The Bertz CT molecular complexity index is 1270. The number of anilines is 1. The van der Waals surface area contributed by atoms with Gasteiger partial charge in [-0.05, 0) is 73.9 Å². The van der Waals surface area contributed by atoms with Crippen LogP contribution in [0, 0.1) is 26.6 Å². The summed E-state index contributed by atoms with van der Waals surface area (Å²) in [6.07, 6.45) is 0. The third-order valence-corrected chi connectivity index (χ3v) is 7.99. The number of nitrogens with zero attached hydrogens (tertiary/aromatic N) is 4. The van der Waals surface area contributed by atoms with Crippen LogP contribution >= 0.6 is 0 Å². The van der Waals surface area contributed by atoms with Gasteiger partial charge in [0.05, 0.1) is 12.8 Å². The minimum Gasteiger partial charge on any atom is -0.495 e. The van der Waals surface area contributed by atoms with Gasteiger partial charge >= 0.3 is 0 Å². The maximum Gasteiger partial charge on any atom is 0.246 e. The molecule has 0 aliphatic carbocycles. The highest BCUT2D eigenvalue weighted by Gasteiger charge is 2.31. The molecule has 2 aromatic carbocycles. The number of hydrogen-bond acceptors (Lipinski definition) is 6. The quantitative estimate of drug-likeness (QED) is 0.566. The summed E-state index contributed by atoms with van der Waals surface area (Å²) in [5.41, 5.74) is 5.45. The van der Waals surface area contributed by atoms with Crippen LogP contribution in [0.1, 0.15) is 16.7 Å². The molecule has 3 aromatic rings. The van der Waals surface area contributed by atoms with Gasteiger partial charge in [-0.25, -0.2) is 12.8 Å². The Hall–Kier alpha value is -3.04. The van der Waals surface area contributed by atoms with Crippen molar-refractivity contribution < 1.29 is 17.5 Å². The summed E-state index contributed by atoms with van der Waals surface area (Å²) in [6, 6.07) is 11.6. The zero-order valence-corrected chi connectivity index (χ0v) is 20.0. The molecule has 9 heteroatoms. The van der Waals surface area contributed by atoms with Gasteiger partial charge in [-0.1, -0.05) is 6.07 Å². The molecule has 0 N–H and O–H groups in total. The van der Waals surface area contributed by atoms with Gasteiger partial charge in [-0.2, -0.15) is 4.31 Å². The van der Waals surface area contributed by atoms with Crippen LogP contribution < -0.4 is 9.64 Å². The van der Waals surface area contributed by atoms with Crippen molar-refractivity contribution in [3.63, 3.8) is 0 Å². The molecule has 0 amide bonds. The molecule has 4 rings (SSSR count). The van der Waals surface area contributed by atoms with Crippen LogP contribution in [0.3, 0.4) is 0 Å². The third-order valence-electron chi connectivity index (χ3n) is 6.07. The van der Waals surface area contributed by atoms with E-state index >= 15 is 0 Å². The van der Waals surface area contributed by atoms with Crippen molar-refractivity contribution >= 4 is 15.8 Å². The molecular weight excluding hydrogens is 443 g/mol. The van der Waals surface area contributed by atoms with Crippen molar-refractivity contribution in [2.45, 2.75) is 25.7 Å². The molecule has 0 spiro atoms. The number of aromatic nitrogens is 2. The molecule has 174 valence electrons. The van der Waals surface area contributed by atoms with E-state index < -0.39 is 15.8 Å². The molecule has 1 saturated heterocycles. The zero-order chi connectivity index (χ0) is 23.8. The molecular formula is C24H27FN4O3S. The zero-order valence-electron chi connectivity index (χ0n) is 19.2. The van der Waals surface area contributed by atoms with E-state index in [9.17, 15) is 12.8 Å². The van der Waals surface area contributed by atoms with Crippen molar-refractivity contribution in [3.05, 3.63) is 65.0 Å². The number of halogens is 1. The summed E-state index contributed by atoms with van der Waals surface area (Å²) in [5, 5.41) is 8.82. The fraction of sp³-hybridized carbons (Fsp3) is 0.333. The summed E-state index contributed by atoms with van der Waals surface area (Å²) in [6.45, 7) is 7.63. The van der Waals surface area contributed by atoms with Gasteiger partial charge in [0.2, 0.25) is 10.0 Å². The SMILES string of the molecule is COc1ccc(F)cc1S(=O)(=O)N1CCN(c2ccc(-c3cc(C)c(C)cc3C)nn2)CC1. The minimum atomic E-state index is -3.88. The van der Waals surface area contributed by atoms with Gasteiger partial charge in [0.15, 0.2) is 5.82 Å². The van der Waals surface area contributed by atoms with Crippen molar-refractivity contribution in [1.29, 1.82) is 0 Å². The normalized spacial score (nSPS) is 15.0. The predicted molar refractivity (Wildman–Crippen MR) is 126 cm³/mol. The van der Waals surface area contributed by atoms with Gasteiger partial charge in [0.1, 0.15) is 16.5 Å². The lowest BCUT2D eigenvalue weighted by Gasteiger charge is -2.34. The van der Waals surface area contributed by atoms with Gasteiger partial charge in [-0.3, -0.25) is 0 Å². The Morgan fingerprint density at radius 2 is 1.58 bits per heavy atom. The molecule has 1 fully saturated rings. The number of hydrogen-bond donors (Lipinski definition) is 0. The Labute approximate surface area is 193 Å². The van der Waals surface area contributed by atoms with E-state index in [2.05, 4.69) is 43.1 Å². The first-order valence-corrected chi connectivity index (χ1v) is 12.2. The van der Waals surface area contributed by atoms with E-state index in [-0.39, 0.29) is 23.7 Å². The summed E-state index contributed by atoms with van der Waals surface area (Å²) in [7, 11) is -2.52. The summed E-state index contributed by atoms with van der Waals surface area (Å²) < 4.78 is 46.4. The fourth-order valence-corrected chi connectivity index (χ4v) is 5.61. The molecule has 1 aromatic heterocycles. The first-order chi connectivity index (χ1) is 15.7. The largest absolute Gasteiger partial charge is 0.495 e. The number of piperazine rings is 1. The maximum atomic E-state index is 13.7. The first kappa shape index (κ1) is 23.1. The van der Waals surface area contributed by atoms with Crippen molar-refractivity contribution in [1.82, 2.24) is 14.5 Å². The number of ether oxygens (including phenoxy) is 1. The Morgan fingerprint density at radius 3 is 2.21 bits per heavy atom. The lowest BCUT2D eigenvalue weighted by atomic mass is 9.99. The number of benzene rings is 2. The van der Waals surface area contributed by atoms with Gasteiger partial charge in [0, 0.05) is 31.7 Å². The first-order valence-electron chi connectivity index (χ1n) is 10.7. The lowest BCUT2D eigenvalue weighted by molar-refractivity contribution is 0.372. The number of rotatable bonds is 5. The smallest absolute Gasteiger partial charge is 0.246 e. The summed E-state index contributed by atoms with van der Waals surface area (Å²) in [5.74, 6) is 0.199. The Kier molecular flexibility index (Phi) is 6.36. The van der Waals surface area contributed by atoms with Gasteiger partial charge < -0.3 is 9.64 Å². The number of aryl methyl sites for hydroxylation is 3. The van der Waals surface area contributed by atoms with Crippen molar-refractivity contribution in [3.8, 4) is 17.0 Å². The highest BCUT2D eigenvalue weighted by molar-refractivity contribution is 7.89. The number of sulfonamides is 1. The van der Waals surface area contributed by atoms with Crippen molar-refractivity contribution in [2.24, 2.45) is 0 Å². The molecule has 1 aliphatic heterocycles. The summed E-state index contributed by atoms with van der Waals surface area (Å²) in [4.78, 5) is 1.84. The minimum absolute atomic E-state index is 0.127. The predicted octanol–water partition coefficient (Wildman–Crippen LogP) is 3.73. The second kappa shape index (κ2) is 9.07. The van der Waals surface area contributed by atoms with E-state index in [4.69, 9.17) is 4.74 Å². The van der Waals surface area contributed by atoms with Crippen LogP contribution in [-0.2, 0) is 10.0 Å². The van der Waals surface area contributed by atoms with Gasteiger partial charge in [-0.15, -0.1) is 10.2 Å². The van der Waals surface area contributed by atoms with Crippen LogP contribution in [0.25, 0.3) is 11.3 Å². The van der Waals surface area contributed by atoms with E-state index in [1.54, 1.807) is 0 Å². The third kappa shape index (κ3) is 4.56. The van der Waals surface area contributed by atoms with Crippen LogP contribution in [0.5, 0.6) is 5.75 Å². The molecule has 7 nitrogen and oxygen atoms in total. The van der Waals surface area contributed by atoms with Crippen LogP contribution in [0.2, 0.25) is 0 Å². The highest BCUT2D eigenvalue weighted by Crippen LogP contribution is 2.29. The van der Waals surface area contributed by atoms with E-state index in [0.29, 0.717) is 18.9 Å². The van der Waals surface area contributed by atoms with E-state index in [1.807, 2.05) is 17.0 Å². The Balaban J connectivity index is 1.48. The van der Waals surface area contributed by atoms with Crippen LogP contribution in [0.4, 0.5) is 10.2 Å². The fourth-order valence-electron chi connectivity index (χ4n) is 4.02. The molecule has 0 bridgehead atoms. The second-order valence-corrected chi connectivity index (χ2v) is 10.1.